The normalized spacial score (nSPS) is 23.9. The van der Waals surface area contributed by atoms with E-state index in [1.165, 1.54) is 25.0 Å². The van der Waals surface area contributed by atoms with Gasteiger partial charge in [0.2, 0.25) is 0 Å². The fourth-order valence-corrected chi connectivity index (χ4v) is 5.16. The number of methoxy groups -OCH3 is 2. The molecule has 2 heterocycles. The van der Waals surface area contributed by atoms with Crippen molar-refractivity contribution in [1.29, 1.82) is 0 Å². The van der Waals surface area contributed by atoms with Crippen molar-refractivity contribution >= 4 is 5.97 Å². The molecule has 2 aliphatic rings. The number of hydrogen-bond acceptors (Lipinski definition) is 7. The topological polar surface area (TPSA) is 88.5 Å². The van der Waals surface area contributed by atoms with Crippen LogP contribution in [0.25, 0.3) is 0 Å². The van der Waals surface area contributed by atoms with Crippen molar-refractivity contribution in [1.82, 2.24) is 4.90 Å². The molecular weight excluding hydrogens is 422 g/mol. The molecule has 0 amide bonds. The minimum absolute atomic E-state index is 0.114. The molecule has 0 aromatic heterocycles. The highest BCUT2D eigenvalue weighted by Crippen LogP contribution is 2.42. The maximum Gasteiger partial charge on any atom is 0.309 e. The van der Waals surface area contributed by atoms with E-state index >= 15 is 0 Å². The number of esters is 1. The fourth-order valence-electron chi connectivity index (χ4n) is 5.16. The third kappa shape index (κ3) is 5.42. The number of fused-ring (bicyclic) bond motifs is 1. The molecule has 2 aromatic rings. The predicted octanol–water partition coefficient (Wildman–Crippen LogP) is 4.13. The molecule has 0 aliphatic carbocycles. The first-order valence-electron chi connectivity index (χ1n) is 11.6. The van der Waals surface area contributed by atoms with Crippen molar-refractivity contribution in [3.05, 3.63) is 53.6 Å². The molecule has 178 valence electrons. The third-order valence-corrected chi connectivity index (χ3v) is 6.82. The molecule has 0 bridgehead atoms. The third-order valence-electron chi connectivity index (χ3n) is 6.82. The van der Waals surface area contributed by atoms with Gasteiger partial charge in [-0.25, -0.2) is 0 Å². The average molecular weight is 456 g/mol. The van der Waals surface area contributed by atoms with Crippen LogP contribution in [0.5, 0.6) is 17.2 Å². The van der Waals surface area contributed by atoms with Gasteiger partial charge in [0, 0.05) is 24.9 Å². The molecule has 0 saturated carbocycles. The van der Waals surface area contributed by atoms with E-state index in [1.54, 1.807) is 26.4 Å². The van der Waals surface area contributed by atoms with Crippen LogP contribution in [0.1, 0.15) is 61.8 Å². The van der Waals surface area contributed by atoms with E-state index in [-0.39, 0.29) is 24.3 Å². The highest BCUT2D eigenvalue weighted by molar-refractivity contribution is 5.70. The summed E-state index contributed by atoms with van der Waals surface area (Å²) >= 11 is 0. The van der Waals surface area contributed by atoms with Crippen LogP contribution in [-0.2, 0) is 9.53 Å². The Morgan fingerprint density at radius 3 is 2.55 bits per heavy atom. The molecular formula is C26H33NO6. The molecule has 4 rings (SSSR count). The summed E-state index contributed by atoms with van der Waals surface area (Å²) in [6, 6.07) is 12.7. The first-order valence-corrected chi connectivity index (χ1v) is 11.6. The van der Waals surface area contributed by atoms with Crippen LogP contribution in [0.15, 0.2) is 42.5 Å². The standard InChI is InChI=1S/C26H33NO6/c1-31-24-11-8-18(13-25(24)32-2)22-15-21(14-19-5-3-4-12-27(19)22)33-26(30)16-23(29)17-6-9-20(28)10-7-17/h6-11,13,19,21-23,28-29H,3-5,12,14-16H2,1-2H3. The Kier molecular flexibility index (Phi) is 7.40. The number of rotatable bonds is 7. The number of nitrogens with zero attached hydrogens (tertiary/aromatic N) is 1. The van der Waals surface area contributed by atoms with Gasteiger partial charge in [-0.3, -0.25) is 9.69 Å². The van der Waals surface area contributed by atoms with Gasteiger partial charge < -0.3 is 24.4 Å². The molecule has 2 N–H and O–H groups in total. The zero-order valence-electron chi connectivity index (χ0n) is 19.3. The number of phenols is 1. The second-order valence-corrected chi connectivity index (χ2v) is 8.91. The van der Waals surface area contributed by atoms with Gasteiger partial charge in [0.05, 0.1) is 26.7 Å². The lowest BCUT2D eigenvalue weighted by Gasteiger charge is -2.47. The van der Waals surface area contributed by atoms with Crippen molar-refractivity contribution < 1.29 is 29.2 Å². The zero-order chi connectivity index (χ0) is 23.4. The molecule has 0 spiro atoms. The number of benzene rings is 2. The number of aliphatic hydroxyl groups is 1. The Morgan fingerprint density at radius 1 is 1.06 bits per heavy atom. The molecule has 2 saturated heterocycles. The maximum atomic E-state index is 12.7. The van der Waals surface area contributed by atoms with Crippen LogP contribution in [0.3, 0.4) is 0 Å². The first-order chi connectivity index (χ1) is 16.0. The summed E-state index contributed by atoms with van der Waals surface area (Å²) in [5, 5.41) is 19.8. The summed E-state index contributed by atoms with van der Waals surface area (Å²) in [7, 11) is 3.26. The monoisotopic (exact) mass is 455 g/mol. The van der Waals surface area contributed by atoms with E-state index in [1.807, 2.05) is 12.1 Å². The molecule has 33 heavy (non-hydrogen) atoms. The molecule has 4 unspecified atom stereocenters. The van der Waals surface area contributed by atoms with Crippen molar-refractivity contribution in [2.24, 2.45) is 0 Å². The predicted molar refractivity (Wildman–Crippen MR) is 123 cm³/mol. The molecule has 7 nitrogen and oxygen atoms in total. The van der Waals surface area contributed by atoms with Crippen LogP contribution in [0.2, 0.25) is 0 Å². The van der Waals surface area contributed by atoms with E-state index in [9.17, 15) is 15.0 Å². The zero-order valence-corrected chi connectivity index (χ0v) is 19.3. The van der Waals surface area contributed by atoms with Gasteiger partial charge in [0.1, 0.15) is 11.9 Å². The smallest absolute Gasteiger partial charge is 0.309 e. The molecule has 7 heteroatoms. The summed E-state index contributed by atoms with van der Waals surface area (Å²) in [4.78, 5) is 15.2. The van der Waals surface area contributed by atoms with Crippen molar-refractivity contribution in [2.75, 3.05) is 20.8 Å². The Morgan fingerprint density at radius 2 is 1.82 bits per heavy atom. The summed E-state index contributed by atoms with van der Waals surface area (Å²) < 4.78 is 16.8. The van der Waals surface area contributed by atoms with E-state index in [2.05, 4.69) is 11.0 Å². The number of carbonyl (C=O) groups is 1. The molecule has 4 atom stereocenters. The van der Waals surface area contributed by atoms with Crippen LogP contribution in [0.4, 0.5) is 0 Å². The van der Waals surface area contributed by atoms with Gasteiger partial charge in [0.25, 0.3) is 0 Å². The van der Waals surface area contributed by atoms with E-state index < -0.39 is 12.1 Å². The number of piperidine rings is 2. The highest BCUT2D eigenvalue weighted by atomic mass is 16.5. The Balaban J connectivity index is 1.46. The van der Waals surface area contributed by atoms with Crippen molar-refractivity contribution in [3.63, 3.8) is 0 Å². The maximum absolute atomic E-state index is 12.7. The lowest BCUT2D eigenvalue weighted by Crippen LogP contribution is -2.49. The number of hydrogen-bond donors (Lipinski definition) is 2. The van der Waals surface area contributed by atoms with Crippen LogP contribution < -0.4 is 9.47 Å². The minimum atomic E-state index is -0.963. The summed E-state index contributed by atoms with van der Waals surface area (Å²) in [5.41, 5.74) is 1.71. The quantitative estimate of drug-likeness (QED) is 0.607. The fraction of sp³-hybridized carbons (Fsp3) is 0.500. The van der Waals surface area contributed by atoms with Gasteiger partial charge >= 0.3 is 5.97 Å². The van der Waals surface area contributed by atoms with E-state index in [0.717, 1.165) is 24.9 Å². The molecule has 2 aromatic carbocycles. The molecule has 2 aliphatic heterocycles. The SMILES string of the molecule is COc1ccc(C2CC(OC(=O)CC(O)c3ccc(O)cc3)CC3CCCCN32)cc1OC. The van der Waals surface area contributed by atoms with E-state index in [0.29, 0.717) is 29.5 Å². The number of aromatic hydroxyl groups is 1. The van der Waals surface area contributed by atoms with Crippen molar-refractivity contribution in [2.45, 2.75) is 62.8 Å². The Labute approximate surface area is 194 Å². The molecule has 2 fully saturated rings. The largest absolute Gasteiger partial charge is 0.508 e. The lowest BCUT2D eigenvalue weighted by molar-refractivity contribution is -0.157. The van der Waals surface area contributed by atoms with E-state index in [4.69, 9.17) is 14.2 Å². The number of phenolic OH excluding ortho intramolecular Hbond substituents is 1. The van der Waals surface area contributed by atoms with Crippen LogP contribution in [0, 0.1) is 0 Å². The van der Waals surface area contributed by atoms with Crippen LogP contribution in [-0.4, -0.2) is 54.0 Å². The van der Waals surface area contributed by atoms with Gasteiger partial charge in [-0.05, 0) is 54.8 Å². The van der Waals surface area contributed by atoms with Gasteiger partial charge in [-0.15, -0.1) is 0 Å². The van der Waals surface area contributed by atoms with Gasteiger partial charge in [-0.2, -0.15) is 0 Å². The van der Waals surface area contributed by atoms with Gasteiger partial charge in [-0.1, -0.05) is 24.6 Å². The van der Waals surface area contributed by atoms with Crippen molar-refractivity contribution in [3.8, 4) is 17.2 Å². The number of carbonyl (C=O) groups excluding carboxylic acids is 1. The van der Waals surface area contributed by atoms with Gasteiger partial charge in [0.15, 0.2) is 11.5 Å². The summed E-state index contributed by atoms with van der Waals surface area (Å²) in [5.74, 6) is 1.10. The Bertz CT molecular complexity index is 946. The number of ether oxygens (including phenoxy) is 3. The van der Waals surface area contributed by atoms with Crippen LogP contribution >= 0.6 is 0 Å². The summed E-state index contributed by atoms with van der Waals surface area (Å²) in [6.45, 7) is 1.03. The molecule has 0 radical (unpaired) electrons. The highest BCUT2D eigenvalue weighted by Gasteiger charge is 2.39. The first kappa shape index (κ1) is 23.4. The Hall–Kier alpha value is -2.77. The summed E-state index contributed by atoms with van der Waals surface area (Å²) in [6.07, 6.45) is 3.67. The minimum Gasteiger partial charge on any atom is -0.508 e. The number of aliphatic hydroxyl groups excluding tert-OH is 1. The average Bonchev–Trinajstić information content (AvgIpc) is 2.83. The second-order valence-electron chi connectivity index (χ2n) is 8.91. The lowest BCUT2D eigenvalue weighted by atomic mass is 9.84. The second kappa shape index (κ2) is 10.4.